The number of unbranched alkanes of at least 4 members (excludes halogenated alkanes) is 11. The molecule has 2 unspecified atom stereocenters. The van der Waals surface area contributed by atoms with E-state index in [-0.39, 0.29) is 13.0 Å². The van der Waals surface area contributed by atoms with E-state index in [4.69, 9.17) is 5.11 Å². The van der Waals surface area contributed by atoms with Gasteiger partial charge in [0, 0.05) is 6.61 Å². The third-order valence-corrected chi connectivity index (χ3v) is 4.22. The lowest BCUT2D eigenvalue weighted by Crippen LogP contribution is -2.26. The average Bonchev–Trinajstić information content (AvgIpc) is 2.48. The Kier molecular flexibility index (Phi) is 16.2. The van der Waals surface area contributed by atoms with Crippen LogP contribution in [0.4, 0.5) is 0 Å². The molecule has 128 valence electrons. The topological polar surface area (TPSA) is 60.7 Å². The molecule has 0 aliphatic heterocycles. The van der Waals surface area contributed by atoms with E-state index >= 15 is 0 Å². The summed E-state index contributed by atoms with van der Waals surface area (Å²) in [5, 5.41) is 27.8. The van der Waals surface area contributed by atoms with Gasteiger partial charge in [-0.3, -0.25) is 0 Å². The van der Waals surface area contributed by atoms with Crippen LogP contribution in [0.2, 0.25) is 0 Å². The summed E-state index contributed by atoms with van der Waals surface area (Å²) >= 11 is 0. The zero-order valence-electron chi connectivity index (χ0n) is 14.1. The smallest absolute Gasteiger partial charge is 0.0820 e. The molecular formula is C18H38O3. The van der Waals surface area contributed by atoms with E-state index in [2.05, 4.69) is 6.92 Å². The SMILES string of the molecule is CCCCCCCCCCCCCCC(O)C(O)CCO. The normalized spacial score (nSPS) is 14.3. The standard InChI is InChI=1S/C18H38O3/c1-2-3-4-5-6-7-8-9-10-11-12-13-14-17(20)18(21)15-16-19/h17-21H,2-16H2,1H3. The van der Waals surface area contributed by atoms with Gasteiger partial charge in [-0.2, -0.15) is 0 Å². The van der Waals surface area contributed by atoms with Crippen LogP contribution in [0.5, 0.6) is 0 Å². The summed E-state index contributed by atoms with van der Waals surface area (Å²) in [5.41, 5.74) is 0. The van der Waals surface area contributed by atoms with Crippen LogP contribution in [0.3, 0.4) is 0 Å². The molecule has 0 spiro atoms. The summed E-state index contributed by atoms with van der Waals surface area (Å²) in [4.78, 5) is 0. The van der Waals surface area contributed by atoms with E-state index in [1.165, 1.54) is 64.2 Å². The van der Waals surface area contributed by atoms with Gasteiger partial charge < -0.3 is 15.3 Å². The summed E-state index contributed by atoms with van der Waals surface area (Å²) in [6.07, 6.45) is 15.1. The van der Waals surface area contributed by atoms with Crippen molar-refractivity contribution in [2.24, 2.45) is 0 Å². The van der Waals surface area contributed by atoms with Crippen molar-refractivity contribution in [1.82, 2.24) is 0 Å². The Hall–Kier alpha value is -0.120. The monoisotopic (exact) mass is 302 g/mol. The van der Waals surface area contributed by atoms with Crippen molar-refractivity contribution < 1.29 is 15.3 Å². The molecule has 3 heteroatoms. The van der Waals surface area contributed by atoms with Crippen LogP contribution >= 0.6 is 0 Å². The van der Waals surface area contributed by atoms with Crippen molar-refractivity contribution >= 4 is 0 Å². The molecule has 3 nitrogen and oxygen atoms in total. The van der Waals surface area contributed by atoms with Crippen LogP contribution in [-0.4, -0.2) is 34.1 Å². The second kappa shape index (κ2) is 16.3. The van der Waals surface area contributed by atoms with Gasteiger partial charge in [0.25, 0.3) is 0 Å². The van der Waals surface area contributed by atoms with Crippen molar-refractivity contribution in [2.75, 3.05) is 6.61 Å². The van der Waals surface area contributed by atoms with E-state index in [1.54, 1.807) is 0 Å². The number of hydrogen-bond donors (Lipinski definition) is 3. The minimum absolute atomic E-state index is 0.0589. The van der Waals surface area contributed by atoms with Crippen LogP contribution in [0.1, 0.15) is 96.8 Å². The van der Waals surface area contributed by atoms with Crippen LogP contribution in [0, 0.1) is 0 Å². The lowest BCUT2D eigenvalue weighted by Gasteiger charge is -2.16. The van der Waals surface area contributed by atoms with Gasteiger partial charge in [-0.05, 0) is 12.8 Å². The summed E-state index contributed by atoms with van der Waals surface area (Å²) < 4.78 is 0. The molecule has 0 saturated carbocycles. The lowest BCUT2D eigenvalue weighted by atomic mass is 10.0. The van der Waals surface area contributed by atoms with Crippen LogP contribution in [0.25, 0.3) is 0 Å². The fourth-order valence-electron chi connectivity index (χ4n) is 2.71. The van der Waals surface area contributed by atoms with E-state index in [9.17, 15) is 10.2 Å². The van der Waals surface area contributed by atoms with Crippen molar-refractivity contribution in [3.63, 3.8) is 0 Å². The minimum atomic E-state index is -0.761. The molecule has 0 saturated heterocycles. The minimum Gasteiger partial charge on any atom is -0.396 e. The molecular weight excluding hydrogens is 264 g/mol. The Morgan fingerprint density at radius 1 is 0.571 bits per heavy atom. The Bertz CT molecular complexity index is 197. The molecule has 21 heavy (non-hydrogen) atoms. The van der Waals surface area contributed by atoms with Gasteiger partial charge in [0.2, 0.25) is 0 Å². The molecule has 2 atom stereocenters. The molecule has 0 bridgehead atoms. The largest absolute Gasteiger partial charge is 0.396 e. The lowest BCUT2D eigenvalue weighted by molar-refractivity contribution is -0.000105. The van der Waals surface area contributed by atoms with Gasteiger partial charge in [0.15, 0.2) is 0 Å². The van der Waals surface area contributed by atoms with E-state index < -0.39 is 12.2 Å². The molecule has 0 aromatic heterocycles. The van der Waals surface area contributed by atoms with Crippen molar-refractivity contribution in [1.29, 1.82) is 0 Å². The Balaban J connectivity index is 3.15. The molecule has 0 rings (SSSR count). The molecule has 0 aliphatic carbocycles. The van der Waals surface area contributed by atoms with Gasteiger partial charge >= 0.3 is 0 Å². The summed E-state index contributed by atoms with van der Waals surface area (Å²) in [5.74, 6) is 0. The zero-order chi connectivity index (χ0) is 15.8. The molecule has 0 radical (unpaired) electrons. The molecule has 0 fully saturated rings. The number of aliphatic hydroxyl groups is 3. The highest BCUT2D eigenvalue weighted by atomic mass is 16.3. The second-order valence-electron chi connectivity index (χ2n) is 6.32. The third kappa shape index (κ3) is 14.6. The van der Waals surface area contributed by atoms with E-state index in [0.29, 0.717) is 6.42 Å². The van der Waals surface area contributed by atoms with Gasteiger partial charge in [0.1, 0.15) is 0 Å². The van der Waals surface area contributed by atoms with Crippen molar-refractivity contribution in [3.05, 3.63) is 0 Å². The molecule has 0 aliphatic rings. The summed E-state index contributed by atoms with van der Waals surface area (Å²) in [6, 6.07) is 0. The van der Waals surface area contributed by atoms with E-state index in [1.807, 2.05) is 0 Å². The number of rotatable bonds is 16. The second-order valence-corrected chi connectivity index (χ2v) is 6.32. The fraction of sp³-hybridized carbons (Fsp3) is 1.00. The van der Waals surface area contributed by atoms with Crippen molar-refractivity contribution in [2.45, 2.75) is 109 Å². The van der Waals surface area contributed by atoms with Crippen LogP contribution < -0.4 is 0 Å². The maximum atomic E-state index is 9.65. The number of aliphatic hydroxyl groups excluding tert-OH is 3. The Morgan fingerprint density at radius 3 is 1.38 bits per heavy atom. The molecule has 3 N–H and O–H groups in total. The highest BCUT2D eigenvalue weighted by molar-refractivity contribution is 4.66. The first-order valence-electron chi connectivity index (χ1n) is 9.19. The predicted molar refractivity (Wildman–Crippen MR) is 89.4 cm³/mol. The maximum Gasteiger partial charge on any atom is 0.0820 e. The van der Waals surface area contributed by atoms with Crippen LogP contribution in [0.15, 0.2) is 0 Å². The maximum absolute atomic E-state index is 9.65. The highest BCUT2D eigenvalue weighted by Crippen LogP contribution is 2.14. The Labute approximate surface area is 131 Å². The summed E-state index contributed by atoms with van der Waals surface area (Å²) in [6.45, 7) is 2.20. The number of hydrogen-bond acceptors (Lipinski definition) is 3. The molecule has 0 amide bonds. The fourth-order valence-corrected chi connectivity index (χ4v) is 2.71. The first-order valence-corrected chi connectivity index (χ1v) is 9.19. The molecule has 0 aromatic rings. The summed E-state index contributed by atoms with van der Waals surface area (Å²) in [7, 11) is 0. The Morgan fingerprint density at radius 2 is 0.952 bits per heavy atom. The van der Waals surface area contributed by atoms with Crippen LogP contribution in [-0.2, 0) is 0 Å². The third-order valence-electron chi connectivity index (χ3n) is 4.22. The first-order chi connectivity index (χ1) is 10.2. The zero-order valence-corrected chi connectivity index (χ0v) is 14.1. The predicted octanol–water partition coefficient (Wildman–Crippen LogP) is 4.18. The van der Waals surface area contributed by atoms with Gasteiger partial charge in [-0.15, -0.1) is 0 Å². The molecule has 0 aromatic carbocycles. The quantitative estimate of drug-likeness (QED) is 0.375. The van der Waals surface area contributed by atoms with Gasteiger partial charge in [0.05, 0.1) is 12.2 Å². The van der Waals surface area contributed by atoms with E-state index in [0.717, 1.165) is 12.8 Å². The van der Waals surface area contributed by atoms with Gasteiger partial charge in [-0.25, -0.2) is 0 Å². The molecule has 0 heterocycles. The van der Waals surface area contributed by atoms with Crippen molar-refractivity contribution in [3.8, 4) is 0 Å². The first kappa shape index (κ1) is 20.9. The average molecular weight is 302 g/mol. The van der Waals surface area contributed by atoms with Gasteiger partial charge in [-0.1, -0.05) is 84.0 Å². The highest BCUT2D eigenvalue weighted by Gasteiger charge is 2.14.